The molecule has 0 radical (unpaired) electrons. The molecule has 0 saturated heterocycles. The molecule has 0 amide bonds. The van der Waals surface area contributed by atoms with Crippen molar-refractivity contribution >= 4 is 0 Å². The molecule has 0 rings (SSSR count). The Bertz CT molecular complexity index is 669. The highest BCUT2D eigenvalue weighted by molar-refractivity contribution is 4.89. The van der Waals surface area contributed by atoms with Crippen LogP contribution in [0.15, 0.2) is 24.3 Å². The molecule has 0 spiro atoms. The third-order valence-corrected chi connectivity index (χ3v) is 9.07. The van der Waals surface area contributed by atoms with E-state index in [1.54, 1.807) is 0 Å². The van der Waals surface area contributed by atoms with E-state index < -0.39 is 0 Å². The maximum Gasteiger partial charge on any atom is 0.180 e. The van der Waals surface area contributed by atoms with Crippen LogP contribution in [0, 0.1) is 0 Å². The highest BCUT2D eigenvalue weighted by Gasteiger charge is 2.14. The molecule has 0 fully saturated rings. The van der Waals surface area contributed by atoms with E-state index >= 15 is 0 Å². The molecule has 2 atom stereocenters. The summed E-state index contributed by atoms with van der Waals surface area (Å²) in [5, 5.41) is 0. The smallest absolute Gasteiger partial charge is 0.180 e. The zero-order chi connectivity index (χ0) is 38.7. The molecule has 53 heavy (non-hydrogen) atoms. The molecule has 0 heterocycles. The summed E-state index contributed by atoms with van der Waals surface area (Å²) in [5.41, 5.74) is 0. The molecule has 0 N–H and O–H groups in total. The Labute approximate surface area is 330 Å². The second-order valence-electron chi connectivity index (χ2n) is 14.6. The van der Waals surface area contributed by atoms with Crippen LogP contribution in [0.4, 0.5) is 0 Å². The van der Waals surface area contributed by atoms with Crippen molar-refractivity contribution in [3.8, 4) is 0 Å². The van der Waals surface area contributed by atoms with Crippen LogP contribution >= 0.6 is 0 Å². The van der Waals surface area contributed by atoms with Crippen molar-refractivity contribution in [1.29, 1.82) is 0 Å². The topological polar surface area (TPSA) is 64.6 Å². The molecule has 0 saturated carbocycles. The number of hydrogen-bond acceptors (Lipinski definition) is 7. The second-order valence-corrected chi connectivity index (χ2v) is 14.6. The summed E-state index contributed by atoms with van der Waals surface area (Å²) in [6, 6.07) is 0. The first-order valence-corrected chi connectivity index (χ1v) is 22.8. The van der Waals surface area contributed by atoms with Crippen LogP contribution < -0.4 is 0 Å². The lowest BCUT2D eigenvalue weighted by Gasteiger charge is -2.21. The lowest BCUT2D eigenvalue weighted by molar-refractivity contribution is -0.208. The summed E-state index contributed by atoms with van der Waals surface area (Å²) in [4.78, 5) is 0. The Balaban J connectivity index is 4.43. The van der Waals surface area contributed by atoms with E-state index in [4.69, 9.17) is 33.2 Å². The van der Waals surface area contributed by atoms with Crippen LogP contribution in [0.2, 0.25) is 0 Å². The van der Waals surface area contributed by atoms with E-state index in [9.17, 15) is 0 Å². The van der Waals surface area contributed by atoms with Gasteiger partial charge in [0.25, 0.3) is 0 Å². The van der Waals surface area contributed by atoms with Crippen LogP contribution in [0.3, 0.4) is 0 Å². The number of hydrogen-bond donors (Lipinski definition) is 0. The average molecular weight is 755 g/mol. The van der Waals surface area contributed by atoms with Gasteiger partial charge in [0.05, 0.1) is 13.2 Å². The van der Waals surface area contributed by atoms with E-state index in [1.165, 1.54) is 89.9 Å². The van der Waals surface area contributed by atoms with Crippen molar-refractivity contribution in [2.45, 2.75) is 234 Å². The van der Waals surface area contributed by atoms with Crippen LogP contribution in [-0.4, -0.2) is 64.8 Å². The van der Waals surface area contributed by atoms with Crippen LogP contribution in [0.1, 0.15) is 208 Å². The van der Waals surface area contributed by atoms with Crippen LogP contribution in [0.5, 0.6) is 0 Å². The molecule has 316 valence electrons. The van der Waals surface area contributed by atoms with Gasteiger partial charge in [-0.05, 0) is 102 Å². The molecular formula is C46H90O7. The first-order valence-electron chi connectivity index (χ1n) is 22.8. The summed E-state index contributed by atoms with van der Waals surface area (Å²) in [6.45, 7) is 17.6. The van der Waals surface area contributed by atoms with Crippen molar-refractivity contribution in [1.82, 2.24) is 0 Å². The Kier molecular flexibility index (Phi) is 43.3. The SMILES string of the molecule is CCCCOC(C=CCCCCCCCCCC(OCCC)OCCC)OC(C=CCCCCCCCCCC(OCCC)OCCC)OCCCC. The first-order chi connectivity index (χ1) is 26.1. The van der Waals surface area contributed by atoms with Gasteiger partial charge in [-0.3, -0.25) is 0 Å². The molecule has 7 heteroatoms. The Hall–Kier alpha value is -0.800. The normalized spacial score (nSPS) is 13.4. The fourth-order valence-corrected chi connectivity index (χ4v) is 5.86. The number of allylic oxidation sites excluding steroid dienone is 2. The summed E-state index contributed by atoms with van der Waals surface area (Å²) >= 11 is 0. The Morgan fingerprint density at radius 1 is 0.321 bits per heavy atom. The predicted molar refractivity (Wildman–Crippen MR) is 224 cm³/mol. The van der Waals surface area contributed by atoms with Gasteiger partial charge >= 0.3 is 0 Å². The van der Waals surface area contributed by atoms with E-state index in [0.29, 0.717) is 13.2 Å². The molecule has 0 aromatic heterocycles. The van der Waals surface area contributed by atoms with Crippen LogP contribution in [0.25, 0.3) is 0 Å². The summed E-state index contributed by atoms with van der Waals surface area (Å²) < 4.78 is 42.1. The van der Waals surface area contributed by atoms with Gasteiger partial charge in [-0.15, -0.1) is 0 Å². The highest BCUT2D eigenvalue weighted by Crippen LogP contribution is 2.16. The molecule has 0 aliphatic rings. The van der Waals surface area contributed by atoms with Crippen molar-refractivity contribution in [2.24, 2.45) is 0 Å². The fourth-order valence-electron chi connectivity index (χ4n) is 5.86. The number of rotatable bonds is 44. The largest absolute Gasteiger partial charge is 0.353 e. The monoisotopic (exact) mass is 755 g/mol. The molecule has 7 nitrogen and oxygen atoms in total. The van der Waals surface area contributed by atoms with Crippen molar-refractivity contribution < 1.29 is 33.2 Å². The number of unbranched alkanes of at least 4 members (excludes halogenated alkanes) is 16. The van der Waals surface area contributed by atoms with Gasteiger partial charge in [-0.2, -0.15) is 0 Å². The minimum atomic E-state index is -0.379. The molecule has 0 aliphatic heterocycles. The zero-order valence-electron chi connectivity index (χ0n) is 36.1. The molecule has 2 unspecified atom stereocenters. The Morgan fingerprint density at radius 3 is 0.962 bits per heavy atom. The molecule has 0 aliphatic carbocycles. The molecule has 0 aromatic carbocycles. The maximum absolute atomic E-state index is 6.38. The van der Waals surface area contributed by atoms with E-state index in [0.717, 1.165) is 103 Å². The third-order valence-electron chi connectivity index (χ3n) is 9.07. The van der Waals surface area contributed by atoms with Crippen LogP contribution in [-0.2, 0) is 33.2 Å². The van der Waals surface area contributed by atoms with Gasteiger partial charge in [0.15, 0.2) is 25.2 Å². The Morgan fingerprint density at radius 2 is 0.642 bits per heavy atom. The number of ether oxygens (including phenoxy) is 7. The van der Waals surface area contributed by atoms with Gasteiger partial charge < -0.3 is 33.2 Å². The molecular weight excluding hydrogens is 664 g/mol. The van der Waals surface area contributed by atoms with Crippen molar-refractivity contribution in [3.05, 3.63) is 24.3 Å². The van der Waals surface area contributed by atoms with Gasteiger partial charge in [0.1, 0.15) is 0 Å². The average Bonchev–Trinajstić information content (AvgIpc) is 3.17. The second kappa shape index (κ2) is 43.9. The summed E-state index contributed by atoms with van der Waals surface area (Å²) in [5.74, 6) is 0. The molecule has 0 aromatic rings. The van der Waals surface area contributed by atoms with Gasteiger partial charge in [-0.25, -0.2) is 0 Å². The lowest BCUT2D eigenvalue weighted by atomic mass is 10.1. The van der Waals surface area contributed by atoms with Gasteiger partial charge in [0.2, 0.25) is 0 Å². The summed E-state index contributed by atoms with van der Waals surface area (Å²) in [6.07, 6.45) is 38.1. The van der Waals surface area contributed by atoms with E-state index in [2.05, 4.69) is 65.8 Å². The van der Waals surface area contributed by atoms with E-state index in [1.807, 2.05) is 0 Å². The van der Waals surface area contributed by atoms with Gasteiger partial charge in [0, 0.05) is 26.4 Å². The zero-order valence-corrected chi connectivity index (χ0v) is 36.1. The molecule has 0 bridgehead atoms. The summed E-state index contributed by atoms with van der Waals surface area (Å²) in [7, 11) is 0. The quantitative estimate of drug-likeness (QED) is 0.0349. The van der Waals surface area contributed by atoms with Crippen molar-refractivity contribution in [3.63, 3.8) is 0 Å². The standard InChI is InChI=1S/C46H90O7/c1-7-13-41-51-45(35-31-27-23-19-15-17-21-25-29-33-43(47-37-9-3)48-38-10-4)53-46(52-42-14-8-2)36-32-28-24-20-16-18-22-26-30-34-44(49-39-11-5)50-40-12-6/h31-32,35-36,43-46H,7-30,33-34,37-42H2,1-6H3. The predicted octanol–water partition coefficient (Wildman–Crippen LogP) is 13.8. The minimum Gasteiger partial charge on any atom is -0.353 e. The van der Waals surface area contributed by atoms with Crippen molar-refractivity contribution in [2.75, 3.05) is 39.6 Å². The maximum atomic E-state index is 6.38. The highest BCUT2D eigenvalue weighted by atomic mass is 16.8. The first kappa shape index (κ1) is 52.2. The third kappa shape index (κ3) is 37.9. The van der Waals surface area contributed by atoms with E-state index in [-0.39, 0.29) is 25.2 Å². The lowest BCUT2D eigenvalue weighted by Crippen LogP contribution is -2.25. The van der Waals surface area contributed by atoms with Gasteiger partial charge in [-0.1, -0.05) is 131 Å². The fraction of sp³-hybridized carbons (Fsp3) is 0.913. The minimum absolute atomic E-state index is 0.0166.